The van der Waals surface area contributed by atoms with Crippen molar-refractivity contribution in [2.45, 2.75) is 103 Å². The molecule has 0 N–H and O–H groups in total. The third-order valence-corrected chi connectivity index (χ3v) is 11.1. The monoisotopic (exact) mass is 701 g/mol. The summed E-state index contributed by atoms with van der Waals surface area (Å²) in [5.41, 5.74) is 2.74. The van der Waals surface area contributed by atoms with Crippen LogP contribution in [-0.2, 0) is 16.0 Å². The number of nitrogens with zero attached hydrogens (tertiary/aromatic N) is 3. The van der Waals surface area contributed by atoms with E-state index in [-0.39, 0.29) is 17.3 Å². The number of allylic oxidation sites excluding steroid dienone is 2. The molecule has 270 valence electrons. The maximum Gasteiger partial charge on any atom is 0.328 e. The van der Waals surface area contributed by atoms with E-state index in [9.17, 15) is 14.0 Å². The molecule has 3 heterocycles. The van der Waals surface area contributed by atoms with Gasteiger partial charge in [-0.2, -0.15) is 0 Å². The first kappa shape index (κ1) is 37.8. The average Bonchev–Trinajstić information content (AvgIpc) is 3.61. The Balaban J connectivity index is 1.12. The van der Waals surface area contributed by atoms with Crippen molar-refractivity contribution in [3.63, 3.8) is 0 Å². The van der Waals surface area contributed by atoms with E-state index in [1.807, 2.05) is 11.4 Å². The Labute approximate surface area is 301 Å². The molecule has 1 atom stereocenters. The molecule has 0 radical (unpaired) electrons. The third-order valence-electron chi connectivity index (χ3n) is 10.2. The van der Waals surface area contributed by atoms with Crippen LogP contribution in [0.4, 0.5) is 10.1 Å². The van der Waals surface area contributed by atoms with E-state index in [1.165, 1.54) is 52.1 Å². The van der Waals surface area contributed by atoms with Gasteiger partial charge >= 0.3 is 5.97 Å². The molecule has 1 fully saturated rings. The molecule has 4 aromatic rings. The van der Waals surface area contributed by atoms with Gasteiger partial charge in [0.25, 0.3) is 5.56 Å². The number of piperazine rings is 1. The molecule has 0 amide bonds. The molecule has 2 aromatic carbocycles. The average molecular weight is 702 g/mol. The Kier molecular flexibility index (Phi) is 14.9. The third kappa shape index (κ3) is 10.5. The van der Waals surface area contributed by atoms with Gasteiger partial charge in [0.1, 0.15) is 11.9 Å². The van der Waals surface area contributed by atoms with E-state index in [1.54, 1.807) is 34.1 Å². The molecular formula is C42H56FN3O3S. The van der Waals surface area contributed by atoms with Crippen LogP contribution in [-0.4, -0.2) is 55.3 Å². The molecule has 5 rings (SSSR count). The zero-order chi connectivity index (χ0) is 35.1. The highest BCUT2D eigenvalue weighted by molar-refractivity contribution is 7.17. The standard InChI is InChI=1S/C42H56FN3O3S/c1-3-4-5-6-7-8-9-10-11-12-13-14-15-16-17-37(42(48)49-2)46-38-30-33(18-19-34(38)20-21-41(46)47)22-24-44-25-27-45(28-26-44)39-31-35(43)32-40-36(39)23-29-50-40/h10-11,18-21,23,29-32,37H,3-9,12-17,22,24-28H2,1-2H3/b11-10-. The number of aromatic nitrogens is 1. The number of carbonyl (C=O) groups is 1. The molecule has 0 bridgehead atoms. The fourth-order valence-electron chi connectivity index (χ4n) is 7.28. The van der Waals surface area contributed by atoms with Crippen LogP contribution in [0.1, 0.15) is 102 Å². The quantitative estimate of drug-likeness (QED) is 0.0522. The second kappa shape index (κ2) is 19.8. The summed E-state index contributed by atoms with van der Waals surface area (Å²) in [6, 6.07) is 14.4. The Bertz CT molecular complexity index is 1740. The molecule has 6 nitrogen and oxygen atoms in total. The fraction of sp³-hybridized carbons (Fsp3) is 0.524. The first-order valence-corrected chi connectivity index (χ1v) is 19.9. The molecule has 0 spiro atoms. The summed E-state index contributed by atoms with van der Waals surface area (Å²) in [5.74, 6) is -0.544. The topological polar surface area (TPSA) is 54.8 Å². The molecular weight excluding hydrogens is 646 g/mol. The number of pyridine rings is 1. The molecule has 1 aliphatic heterocycles. The van der Waals surface area contributed by atoms with Gasteiger partial charge < -0.3 is 9.64 Å². The molecule has 1 aliphatic rings. The maximum atomic E-state index is 14.3. The van der Waals surface area contributed by atoms with Crippen LogP contribution in [0.5, 0.6) is 0 Å². The summed E-state index contributed by atoms with van der Waals surface area (Å²) in [7, 11) is 1.41. The zero-order valence-corrected chi connectivity index (χ0v) is 31.0. The van der Waals surface area contributed by atoms with Gasteiger partial charge in [-0.3, -0.25) is 14.3 Å². The van der Waals surface area contributed by atoms with Crippen LogP contribution in [0.25, 0.3) is 21.0 Å². The lowest BCUT2D eigenvalue weighted by Crippen LogP contribution is -2.47. The Morgan fingerprint density at radius 2 is 1.58 bits per heavy atom. The predicted octanol–water partition coefficient (Wildman–Crippen LogP) is 10.1. The van der Waals surface area contributed by atoms with Crippen molar-refractivity contribution < 1.29 is 13.9 Å². The normalized spacial score (nSPS) is 14.7. The molecule has 1 unspecified atom stereocenters. The lowest BCUT2D eigenvalue weighted by Gasteiger charge is -2.36. The Hall–Kier alpha value is -3.49. The smallest absolute Gasteiger partial charge is 0.328 e. The van der Waals surface area contributed by atoms with Gasteiger partial charge in [-0.05, 0) is 85.2 Å². The molecule has 0 aliphatic carbocycles. The minimum absolute atomic E-state index is 0.172. The predicted molar refractivity (Wildman–Crippen MR) is 208 cm³/mol. The Morgan fingerprint density at radius 3 is 2.32 bits per heavy atom. The van der Waals surface area contributed by atoms with Crippen LogP contribution in [0.3, 0.4) is 0 Å². The second-order valence-electron chi connectivity index (χ2n) is 13.8. The largest absolute Gasteiger partial charge is 0.467 e. The fourth-order valence-corrected chi connectivity index (χ4v) is 8.11. The van der Waals surface area contributed by atoms with Crippen LogP contribution in [0, 0.1) is 5.82 Å². The number of hydrogen-bond donors (Lipinski definition) is 0. The number of hydrogen-bond acceptors (Lipinski definition) is 6. The van der Waals surface area contributed by atoms with E-state index in [4.69, 9.17) is 4.74 Å². The maximum absolute atomic E-state index is 14.3. The Morgan fingerprint density at radius 1 is 0.880 bits per heavy atom. The molecule has 0 saturated carbocycles. The number of thiophene rings is 1. The summed E-state index contributed by atoms with van der Waals surface area (Å²) in [6.45, 7) is 6.65. The van der Waals surface area contributed by atoms with Crippen LogP contribution < -0.4 is 10.5 Å². The number of halogens is 1. The minimum atomic E-state index is -0.644. The lowest BCUT2D eigenvalue weighted by atomic mass is 10.0. The van der Waals surface area contributed by atoms with Crippen LogP contribution in [0.2, 0.25) is 0 Å². The molecule has 50 heavy (non-hydrogen) atoms. The number of esters is 1. The number of anilines is 1. The van der Waals surface area contributed by atoms with E-state index in [0.717, 1.165) is 103 Å². The van der Waals surface area contributed by atoms with Crippen molar-refractivity contribution in [1.82, 2.24) is 9.47 Å². The highest BCUT2D eigenvalue weighted by Crippen LogP contribution is 2.32. The number of fused-ring (bicyclic) bond motifs is 2. The van der Waals surface area contributed by atoms with Gasteiger partial charge in [-0.15, -0.1) is 11.3 Å². The van der Waals surface area contributed by atoms with E-state index >= 15 is 0 Å². The summed E-state index contributed by atoms with van der Waals surface area (Å²) in [4.78, 5) is 31.1. The summed E-state index contributed by atoms with van der Waals surface area (Å²) >= 11 is 1.58. The van der Waals surface area contributed by atoms with Crippen LogP contribution in [0.15, 0.2) is 70.9 Å². The number of carbonyl (C=O) groups excluding carboxylic acids is 1. The molecule has 8 heteroatoms. The van der Waals surface area contributed by atoms with Gasteiger partial charge in [0.2, 0.25) is 0 Å². The number of methoxy groups -OCH3 is 1. The van der Waals surface area contributed by atoms with Crippen molar-refractivity contribution in [1.29, 1.82) is 0 Å². The second-order valence-corrected chi connectivity index (χ2v) is 14.8. The van der Waals surface area contributed by atoms with E-state index < -0.39 is 6.04 Å². The van der Waals surface area contributed by atoms with Gasteiger partial charge in [0.05, 0.1) is 12.6 Å². The lowest BCUT2D eigenvalue weighted by molar-refractivity contribution is -0.144. The molecule has 2 aromatic heterocycles. The number of unbranched alkanes of at least 4 members (excludes halogenated alkanes) is 10. The summed E-state index contributed by atoms with van der Waals surface area (Å²) in [6.07, 6.45) is 20.5. The SMILES string of the molecule is CCCCCCCC/C=C\CCCCCCC(C(=O)OC)n1c(=O)ccc2ccc(CCN3CCN(c4cc(F)cc5sccc45)CC3)cc21. The van der Waals surface area contributed by atoms with E-state index in [0.29, 0.717) is 6.42 Å². The van der Waals surface area contributed by atoms with Gasteiger partial charge in [-0.1, -0.05) is 82.6 Å². The van der Waals surface area contributed by atoms with Gasteiger partial charge in [0.15, 0.2) is 0 Å². The summed E-state index contributed by atoms with van der Waals surface area (Å²) in [5, 5.41) is 4.09. The van der Waals surface area contributed by atoms with E-state index in [2.05, 4.69) is 53.1 Å². The van der Waals surface area contributed by atoms with Crippen molar-refractivity contribution in [3.05, 3.63) is 87.8 Å². The van der Waals surface area contributed by atoms with Crippen LogP contribution >= 0.6 is 11.3 Å². The highest BCUT2D eigenvalue weighted by Gasteiger charge is 2.24. The number of ether oxygens (including phenoxy) is 1. The van der Waals surface area contributed by atoms with Crippen molar-refractivity contribution in [2.24, 2.45) is 0 Å². The zero-order valence-electron chi connectivity index (χ0n) is 30.2. The first-order chi connectivity index (χ1) is 24.5. The highest BCUT2D eigenvalue weighted by atomic mass is 32.1. The summed E-state index contributed by atoms with van der Waals surface area (Å²) < 4.78 is 22.2. The molecule has 1 saturated heterocycles. The van der Waals surface area contributed by atoms with Crippen molar-refractivity contribution in [3.8, 4) is 0 Å². The van der Waals surface area contributed by atoms with Crippen molar-refractivity contribution >= 4 is 44.0 Å². The number of rotatable bonds is 20. The van der Waals surface area contributed by atoms with Gasteiger partial charge in [-0.25, -0.2) is 9.18 Å². The first-order valence-electron chi connectivity index (χ1n) is 19.0. The van der Waals surface area contributed by atoms with Crippen molar-refractivity contribution in [2.75, 3.05) is 44.7 Å². The minimum Gasteiger partial charge on any atom is -0.467 e. The van der Waals surface area contributed by atoms with Gasteiger partial charge in [0, 0.05) is 54.6 Å². The number of benzene rings is 2.